The highest BCUT2D eigenvalue weighted by Gasteiger charge is 2.20. The molecule has 0 fully saturated rings. The highest BCUT2D eigenvalue weighted by Crippen LogP contribution is 2.33. The third-order valence-corrected chi connectivity index (χ3v) is 4.07. The van der Waals surface area contributed by atoms with E-state index in [1.54, 1.807) is 6.26 Å². The molecule has 0 aliphatic rings. The lowest BCUT2D eigenvalue weighted by molar-refractivity contribution is 0.503. The Labute approximate surface area is 132 Å². The Bertz CT molecular complexity index is 701. The van der Waals surface area contributed by atoms with Gasteiger partial charge >= 0.3 is 0 Å². The van der Waals surface area contributed by atoms with Gasteiger partial charge in [0.1, 0.15) is 5.76 Å². The first-order valence-electron chi connectivity index (χ1n) is 7.74. The van der Waals surface area contributed by atoms with Crippen LogP contribution in [0.4, 0.5) is 0 Å². The zero-order valence-electron chi connectivity index (χ0n) is 13.4. The summed E-state index contributed by atoms with van der Waals surface area (Å²) in [7, 11) is 0. The second-order valence-electron chi connectivity index (χ2n) is 6.73. The maximum absolute atomic E-state index is 5.70. The maximum Gasteiger partial charge on any atom is 0.115 e. The number of hydrogen-bond acceptors (Lipinski definition) is 1. The minimum atomic E-state index is 0.144. The van der Waals surface area contributed by atoms with E-state index in [2.05, 4.69) is 75.4 Å². The van der Waals surface area contributed by atoms with Gasteiger partial charge in [0.15, 0.2) is 0 Å². The Morgan fingerprint density at radius 1 is 0.727 bits per heavy atom. The summed E-state index contributed by atoms with van der Waals surface area (Å²) in [5.74, 6) is 1.12. The topological polar surface area (TPSA) is 13.1 Å². The van der Waals surface area contributed by atoms with Gasteiger partial charge in [0.05, 0.1) is 12.2 Å². The van der Waals surface area contributed by atoms with Crippen LogP contribution < -0.4 is 0 Å². The van der Waals surface area contributed by atoms with Crippen molar-refractivity contribution < 1.29 is 4.42 Å². The molecule has 1 atom stereocenters. The normalized spacial score (nSPS) is 13.0. The predicted octanol–water partition coefficient (Wildman–Crippen LogP) is 5.76. The summed E-state index contributed by atoms with van der Waals surface area (Å²) in [6, 6.07) is 23.4. The fourth-order valence-corrected chi connectivity index (χ4v) is 2.80. The second kappa shape index (κ2) is 5.84. The van der Waals surface area contributed by atoms with E-state index in [-0.39, 0.29) is 11.3 Å². The Kier molecular flexibility index (Phi) is 3.89. The van der Waals surface area contributed by atoms with E-state index < -0.39 is 0 Å². The molecule has 1 heterocycles. The minimum absolute atomic E-state index is 0.144. The fraction of sp³-hybridized carbons (Fsp3) is 0.238. The molecule has 0 aliphatic carbocycles. The third-order valence-electron chi connectivity index (χ3n) is 4.07. The first kappa shape index (κ1) is 14.6. The molecule has 0 saturated carbocycles. The van der Waals surface area contributed by atoms with Crippen molar-refractivity contribution in [3.8, 4) is 0 Å². The molecule has 0 aliphatic heterocycles. The molecule has 1 aromatic heterocycles. The molecule has 0 spiro atoms. The van der Waals surface area contributed by atoms with Gasteiger partial charge < -0.3 is 4.42 Å². The summed E-state index contributed by atoms with van der Waals surface area (Å²) in [4.78, 5) is 0. The van der Waals surface area contributed by atoms with E-state index in [1.165, 1.54) is 16.7 Å². The average Bonchev–Trinajstić information content (AvgIpc) is 3.02. The van der Waals surface area contributed by atoms with Crippen molar-refractivity contribution in [3.05, 3.63) is 95.4 Å². The Morgan fingerprint density at radius 2 is 1.36 bits per heavy atom. The van der Waals surface area contributed by atoms with Gasteiger partial charge in [0.2, 0.25) is 0 Å². The van der Waals surface area contributed by atoms with Crippen LogP contribution in [0, 0.1) is 0 Å². The van der Waals surface area contributed by atoms with E-state index in [9.17, 15) is 0 Å². The summed E-state index contributed by atoms with van der Waals surface area (Å²) < 4.78 is 5.70. The van der Waals surface area contributed by atoms with Crippen LogP contribution in [0.1, 0.15) is 49.1 Å². The van der Waals surface area contributed by atoms with Crippen molar-refractivity contribution in [1.82, 2.24) is 0 Å². The van der Waals surface area contributed by atoms with Gasteiger partial charge in [0.25, 0.3) is 0 Å². The smallest absolute Gasteiger partial charge is 0.115 e. The quantitative estimate of drug-likeness (QED) is 0.598. The zero-order chi connectivity index (χ0) is 15.6. The number of rotatable bonds is 3. The van der Waals surface area contributed by atoms with Gasteiger partial charge in [-0.2, -0.15) is 0 Å². The van der Waals surface area contributed by atoms with Gasteiger partial charge in [-0.05, 0) is 34.2 Å². The van der Waals surface area contributed by atoms with Crippen LogP contribution in [0.5, 0.6) is 0 Å². The average molecular weight is 290 g/mol. The van der Waals surface area contributed by atoms with Crippen molar-refractivity contribution in [3.63, 3.8) is 0 Å². The molecule has 1 heteroatoms. The Balaban J connectivity index is 2.04. The lowest BCUT2D eigenvalue weighted by Gasteiger charge is -2.21. The largest absolute Gasteiger partial charge is 0.468 e. The lowest BCUT2D eigenvalue weighted by atomic mass is 9.84. The van der Waals surface area contributed by atoms with Gasteiger partial charge in [-0.15, -0.1) is 0 Å². The molecule has 0 amide bonds. The van der Waals surface area contributed by atoms with Gasteiger partial charge in [0, 0.05) is 0 Å². The summed E-state index contributed by atoms with van der Waals surface area (Å²) >= 11 is 0. The van der Waals surface area contributed by atoms with E-state index in [0.717, 1.165) is 5.76 Å². The molecule has 0 N–H and O–H groups in total. The molecule has 3 rings (SSSR count). The fourth-order valence-electron chi connectivity index (χ4n) is 2.80. The monoisotopic (exact) mass is 290 g/mol. The second-order valence-corrected chi connectivity index (χ2v) is 6.73. The van der Waals surface area contributed by atoms with Crippen LogP contribution in [0.2, 0.25) is 0 Å². The van der Waals surface area contributed by atoms with Crippen LogP contribution in [0.25, 0.3) is 0 Å². The number of hydrogen-bond donors (Lipinski definition) is 0. The van der Waals surface area contributed by atoms with Crippen molar-refractivity contribution in [2.24, 2.45) is 0 Å². The predicted molar refractivity (Wildman–Crippen MR) is 91.2 cm³/mol. The van der Waals surface area contributed by atoms with Crippen molar-refractivity contribution in [2.75, 3.05) is 0 Å². The first-order chi connectivity index (χ1) is 10.6. The molecule has 1 unspecified atom stereocenters. The van der Waals surface area contributed by atoms with Gasteiger partial charge in [-0.25, -0.2) is 0 Å². The van der Waals surface area contributed by atoms with E-state index >= 15 is 0 Å². The highest BCUT2D eigenvalue weighted by atomic mass is 16.3. The van der Waals surface area contributed by atoms with E-state index in [1.807, 2.05) is 12.1 Å². The van der Waals surface area contributed by atoms with Crippen molar-refractivity contribution >= 4 is 0 Å². The summed E-state index contributed by atoms with van der Waals surface area (Å²) in [5, 5.41) is 0. The SMILES string of the molecule is CC(C)(C)c1ccc(C(c2ccccc2)c2ccco2)cc1. The van der Waals surface area contributed by atoms with Crippen molar-refractivity contribution in [2.45, 2.75) is 32.1 Å². The number of furan rings is 1. The molecule has 3 aromatic rings. The molecule has 0 saturated heterocycles. The van der Waals surface area contributed by atoms with Crippen LogP contribution in [-0.2, 0) is 5.41 Å². The van der Waals surface area contributed by atoms with E-state index in [0.29, 0.717) is 0 Å². The number of benzene rings is 2. The molecular weight excluding hydrogens is 268 g/mol. The Morgan fingerprint density at radius 3 is 1.91 bits per heavy atom. The molecular formula is C21H22O. The lowest BCUT2D eigenvalue weighted by Crippen LogP contribution is -2.11. The summed E-state index contributed by atoms with van der Waals surface area (Å²) in [6.45, 7) is 6.72. The first-order valence-corrected chi connectivity index (χ1v) is 7.74. The van der Waals surface area contributed by atoms with E-state index in [4.69, 9.17) is 4.42 Å². The molecule has 22 heavy (non-hydrogen) atoms. The van der Waals surface area contributed by atoms with Crippen LogP contribution in [0.3, 0.4) is 0 Å². The molecule has 1 nitrogen and oxygen atoms in total. The standard InChI is InChI=1S/C21H22O/c1-21(2,3)18-13-11-17(12-14-18)20(19-10-7-15-22-19)16-8-5-4-6-9-16/h4-15,20H,1-3H3. The minimum Gasteiger partial charge on any atom is -0.468 e. The van der Waals surface area contributed by atoms with Crippen LogP contribution >= 0.6 is 0 Å². The van der Waals surface area contributed by atoms with Gasteiger partial charge in [-0.1, -0.05) is 75.4 Å². The Hall–Kier alpha value is -2.28. The molecule has 0 radical (unpaired) electrons. The summed E-state index contributed by atoms with van der Waals surface area (Å²) in [5.41, 5.74) is 4.03. The molecule has 2 aromatic carbocycles. The molecule has 112 valence electrons. The maximum atomic E-state index is 5.70. The van der Waals surface area contributed by atoms with Crippen molar-refractivity contribution in [1.29, 1.82) is 0 Å². The van der Waals surface area contributed by atoms with Gasteiger partial charge in [-0.3, -0.25) is 0 Å². The molecule has 0 bridgehead atoms. The van der Waals surface area contributed by atoms with Crippen LogP contribution in [-0.4, -0.2) is 0 Å². The highest BCUT2D eigenvalue weighted by molar-refractivity contribution is 5.41. The third kappa shape index (κ3) is 2.99. The zero-order valence-corrected chi connectivity index (χ0v) is 13.4. The summed E-state index contributed by atoms with van der Waals surface area (Å²) in [6.07, 6.45) is 1.74. The van der Waals surface area contributed by atoms with Crippen LogP contribution in [0.15, 0.2) is 77.4 Å².